The van der Waals surface area contributed by atoms with Crippen LogP contribution in [0.1, 0.15) is 58.4 Å². The molecule has 1 atom stereocenters. The lowest BCUT2D eigenvalue weighted by atomic mass is 9.74. The fraction of sp³-hybridized carbons (Fsp3) is 0.565. The van der Waals surface area contributed by atoms with Crippen molar-refractivity contribution < 1.29 is 0 Å². The Balaban J connectivity index is 1.40. The van der Waals surface area contributed by atoms with E-state index < -0.39 is 0 Å². The summed E-state index contributed by atoms with van der Waals surface area (Å²) in [7, 11) is 0. The van der Waals surface area contributed by atoms with Gasteiger partial charge in [0.1, 0.15) is 10.8 Å². The lowest BCUT2D eigenvalue weighted by Gasteiger charge is -2.42. The number of benzene rings is 1. The number of nitrogens with two attached hydrogens (primary N) is 1. The highest BCUT2D eigenvalue weighted by Crippen LogP contribution is 2.45. The number of anilines is 1. The molecule has 2 fully saturated rings. The van der Waals surface area contributed by atoms with E-state index in [9.17, 15) is 0 Å². The quantitative estimate of drug-likeness (QED) is 0.789. The van der Waals surface area contributed by atoms with Crippen molar-refractivity contribution in [1.82, 2.24) is 9.97 Å². The first-order chi connectivity index (χ1) is 13.4. The molecule has 1 aliphatic heterocycles. The average molecular weight is 397 g/mol. The topological polar surface area (TPSA) is 55.0 Å². The maximum absolute atomic E-state index is 6.41. The Hall–Kier alpha value is -1.59. The predicted octanol–water partition coefficient (Wildman–Crippen LogP) is 5.02. The monoisotopic (exact) mass is 396 g/mol. The Bertz CT molecular complexity index is 804. The number of hydrogen-bond donors (Lipinski definition) is 1. The Labute approximate surface area is 173 Å². The van der Waals surface area contributed by atoms with Crippen LogP contribution < -0.4 is 10.6 Å². The first-order valence-electron chi connectivity index (χ1n) is 10.5. The highest BCUT2D eigenvalue weighted by Gasteiger charge is 2.42. The summed E-state index contributed by atoms with van der Waals surface area (Å²) in [5.41, 5.74) is 8.29. The molecule has 1 aliphatic carbocycles. The summed E-state index contributed by atoms with van der Waals surface area (Å²) in [5, 5.41) is 0.945. The molecule has 2 aromatic rings. The predicted molar refractivity (Wildman–Crippen MR) is 117 cm³/mol. The van der Waals surface area contributed by atoms with Crippen molar-refractivity contribution in [1.29, 1.82) is 0 Å². The van der Waals surface area contributed by atoms with Crippen molar-refractivity contribution in [3.8, 4) is 0 Å². The zero-order chi connectivity index (χ0) is 19.8. The van der Waals surface area contributed by atoms with E-state index in [1.807, 2.05) is 12.4 Å². The molecule has 1 saturated carbocycles. The molecular weight excluding hydrogens is 364 g/mol. The zero-order valence-electron chi connectivity index (χ0n) is 17.3. The molecule has 2 aliphatic rings. The van der Waals surface area contributed by atoms with Gasteiger partial charge in [-0.15, -0.1) is 0 Å². The molecular formula is C23H32N4S. The molecule has 150 valence electrons. The van der Waals surface area contributed by atoms with E-state index in [4.69, 9.17) is 10.7 Å². The Kier molecular flexibility index (Phi) is 5.41. The van der Waals surface area contributed by atoms with Crippen molar-refractivity contribution >= 4 is 17.6 Å². The number of piperidine rings is 1. The van der Waals surface area contributed by atoms with Gasteiger partial charge in [-0.05, 0) is 54.2 Å². The molecule has 1 aromatic heterocycles. The largest absolute Gasteiger partial charge is 0.355 e. The van der Waals surface area contributed by atoms with Gasteiger partial charge >= 0.3 is 0 Å². The molecule has 0 bridgehead atoms. The Morgan fingerprint density at radius 1 is 1.11 bits per heavy atom. The van der Waals surface area contributed by atoms with Gasteiger partial charge in [0.25, 0.3) is 0 Å². The minimum atomic E-state index is 0.152. The molecule has 0 unspecified atom stereocenters. The molecule has 2 N–H and O–H groups in total. The van der Waals surface area contributed by atoms with Gasteiger partial charge in [-0.1, -0.05) is 51.1 Å². The molecule has 28 heavy (non-hydrogen) atoms. The summed E-state index contributed by atoms with van der Waals surface area (Å²) in [4.78, 5) is 13.0. The lowest BCUT2D eigenvalue weighted by molar-refractivity contribution is 0.197. The molecule has 4 rings (SSSR count). The second kappa shape index (κ2) is 7.68. The standard InChI is InChI=1S/C23H32N4S/c1-22(2,3)17-6-4-7-18(14-17)28-21-16-25-20(15-26-21)27-12-10-23(11-13-27)9-5-8-19(23)24/h4,6-7,14-16,19H,5,8-13,24H2,1-3H3/t19-/m0/s1. The highest BCUT2D eigenvalue weighted by atomic mass is 32.2. The number of aromatic nitrogens is 2. The normalized spacial score (nSPS) is 22.0. The van der Waals surface area contributed by atoms with E-state index >= 15 is 0 Å². The van der Waals surface area contributed by atoms with Crippen LogP contribution in [0.3, 0.4) is 0 Å². The molecule has 1 aromatic carbocycles. The van der Waals surface area contributed by atoms with E-state index in [0.717, 1.165) is 23.9 Å². The van der Waals surface area contributed by atoms with Gasteiger partial charge in [0.05, 0.1) is 12.4 Å². The SMILES string of the molecule is CC(C)(C)c1cccc(Sc2cnc(N3CCC4(CCC[C@@H]4N)CC3)cn2)c1. The zero-order valence-corrected chi connectivity index (χ0v) is 18.1. The second-order valence-corrected chi connectivity index (χ2v) is 10.5. The third kappa shape index (κ3) is 4.06. The maximum atomic E-state index is 6.41. The van der Waals surface area contributed by atoms with Crippen molar-refractivity contribution in [3.63, 3.8) is 0 Å². The van der Waals surface area contributed by atoms with Crippen LogP contribution in [-0.2, 0) is 5.41 Å². The smallest absolute Gasteiger partial charge is 0.147 e. The third-order valence-electron chi connectivity index (χ3n) is 6.60. The van der Waals surface area contributed by atoms with Crippen LogP contribution in [0.25, 0.3) is 0 Å². The van der Waals surface area contributed by atoms with Gasteiger partial charge in [-0.2, -0.15) is 0 Å². The lowest BCUT2D eigenvalue weighted by Crippen LogP contribution is -2.47. The fourth-order valence-corrected chi connectivity index (χ4v) is 5.42. The number of hydrogen-bond acceptors (Lipinski definition) is 5. The van der Waals surface area contributed by atoms with Gasteiger partial charge in [0.2, 0.25) is 0 Å². The van der Waals surface area contributed by atoms with Crippen LogP contribution in [0.15, 0.2) is 46.6 Å². The summed E-state index contributed by atoms with van der Waals surface area (Å²) in [6, 6.07) is 9.11. The van der Waals surface area contributed by atoms with Gasteiger partial charge in [0.15, 0.2) is 0 Å². The Morgan fingerprint density at radius 3 is 2.50 bits per heavy atom. The van der Waals surface area contributed by atoms with E-state index in [1.54, 1.807) is 11.8 Å². The van der Waals surface area contributed by atoms with E-state index in [0.29, 0.717) is 11.5 Å². The molecule has 2 heterocycles. The maximum Gasteiger partial charge on any atom is 0.147 e. The highest BCUT2D eigenvalue weighted by molar-refractivity contribution is 7.99. The van der Waals surface area contributed by atoms with E-state index in [1.165, 1.54) is 42.6 Å². The average Bonchev–Trinajstić information content (AvgIpc) is 3.03. The molecule has 1 spiro atoms. The fourth-order valence-electron chi connectivity index (χ4n) is 4.64. The van der Waals surface area contributed by atoms with Crippen LogP contribution >= 0.6 is 11.8 Å². The van der Waals surface area contributed by atoms with Crippen LogP contribution in [0, 0.1) is 5.41 Å². The minimum absolute atomic E-state index is 0.152. The van der Waals surface area contributed by atoms with Crippen molar-refractivity contribution in [2.24, 2.45) is 11.1 Å². The van der Waals surface area contributed by atoms with E-state index in [2.05, 4.69) is 54.9 Å². The summed E-state index contributed by atoms with van der Waals surface area (Å²) in [6.07, 6.45) is 10.0. The van der Waals surface area contributed by atoms with Crippen LogP contribution in [-0.4, -0.2) is 29.1 Å². The molecule has 0 radical (unpaired) electrons. The van der Waals surface area contributed by atoms with Crippen LogP contribution in [0.4, 0.5) is 5.82 Å². The summed E-state index contributed by atoms with van der Waals surface area (Å²) < 4.78 is 0. The number of nitrogens with zero attached hydrogens (tertiary/aromatic N) is 3. The molecule has 1 saturated heterocycles. The van der Waals surface area contributed by atoms with Crippen molar-refractivity contribution in [2.75, 3.05) is 18.0 Å². The number of rotatable bonds is 3. The minimum Gasteiger partial charge on any atom is -0.355 e. The van der Waals surface area contributed by atoms with E-state index in [-0.39, 0.29) is 5.41 Å². The van der Waals surface area contributed by atoms with Crippen LogP contribution in [0.2, 0.25) is 0 Å². The van der Waals surface area contributed by atoms with Gasteiger partial charge in [0, 0.05) is 24.0 Å². The third-order valence-corrected chi connectivity index (χ3v) is 7.51. The summed E-state index contributed by atoms with van der Waals surface area (Å²) in [6.45, 7) is 8.82. The summed E-state index contributed by atoms with van der Waals surface area (Å²) >= 11 is 1.68. The van der Waals surface area contributed by atoms with Gasteiger partial charge in [-0.3, -0.25) is 0 Å². The Morgan fingerprint density at radius 2 is 1.89 bits per heavy atom. The second-order valence-electron chi connectivity index (χ2n) is 9.44. The first-order valence-corrected chi connectivity index (χ1v) is 11.3. The van der Waals surface area contributed by atoms with Crippen LogP contribution in [0.5, 0.6) is 0 Å². The van der Waals surface area contributed by atoms with Crippen molar-refractivity contribution in [3.05, 3.63) is 42.2 Å². The molecule has 4 nitrogen and oxygen atoms in total. The van der Waals surface area contributed by atoms with Gasteiger partial charge in [-0.25, -0.2) is 9.97 Å². The first kappa shape index (κ1) is 19.7. The van der Waals surface area contributed by atoms with Crippen molar-refractivity contribution in [2.45, 2.75) is 74.3 Å². The molecule has 5 heteroatoms. The molecule has 0 amide bonds. The summed E-state index contributed by atoms with van der Waals surface area (Å²) in [5.74, 6) is 0.995. The van der Waals surface area contributed by atoms with Gasteiger partial charge < -0.3 is 10.6 Å².